The highest BCUT2D eigenvalue weighted by Crippen LogP contribution is 2.11. The maximum atomic E-state index is 12.1. The Labute approximate surface area is 112 Å². The van der Waals surface area contributed by atoms with E-state index >= 15 is 0 Å². The molecule has 0 aliphatic carbocycles. The van der Waals surface area contributed by atoms with Gasteiger partial charge in [0.15, 0.2) is 5.82 Å². The standard InChI is InChI=1S/C12H16N4O2S/c1-3-10(2)15-19(17,18)11-8-14-16(9-11)12-6-4-5-7-13-12/h4-10,15H,3H2,1-2H3/t10-/m0/s1. The molecule has 7 heteroatoms. The molecule has 0 saturated carbocycles. The summed E-state index contributed by atoms with van der Waals surface area (Å²) in [7, 11) is -3.52. The van der Waals surface area contributed by atoms with Crippen LogP contribution in [0.5, 0.6) is 0 Å². The van der Waals surface area contributed by atoms with Crippen LogP contribution in [0.1, 0.15) is 20.3 Å². The average Bonchev–Trinajstić information content (AvgIpc) is 2.89. The van der Waals surface area contributed by atoms with Gasteiger partial charge in [-0.15, -0.1) is 0 Å². The zero-order valence-corrected chi connectivity index (χ0v) is 11.6. The van der Waals surface area contributed by atoms with Gasteiger partial charge in [0.1, 0.15) is 4.90 Å². The van der Waals surface area contributed by atoms with E-state index in [1.54, 1.807) is 18.3 Å². The molecule has 0 amide bonds. The van der Waals surface area contributed by atoms with E-state index in [-0.39, 0.29) is 10.9 Å². The predicted molar refractivity (Wildman–Crippen MR) is 71.4 cm³/mol. The molecule has 6 nitrogen and oxygen atoms in total. The third kappa shape index (κ3) is 3.18. The average molecular weight is 280 g/mol. The zero-order valence-electron chi connectivity index (χ0n) is 10.8. The Morgan fingerprint density at radius 3 is 2.84 bits per heavy atom. The smallest absolute Gasteiger partial charge is 0.237 e. The molecule has 0 radical (unpaired) electrons. The van der Waals surface area contributed by atoms with Gasteiger partial charge in [-0.1, -0.05) is 13.0 Å². The molecule has 0 unspecified atom stereocenters. The van der Waals surface area contributed by atoms with Crippen molar-refractivity contribution in [1.82, 2.24) is 19.5 Å². The lowest BCUT2D eigenvalue weighted by molar-refractivity contribution is 0.556. The van der Waals surface area contributed by atoms with Crippen molar-refractivity contribution in [3.63, 3.8) is 0 Å². The minimum absolute atomic E-state index is 0.108. The van der Waals surface area contributed by atoms with Crippen molar-refractivity contribution < 1.29 is 8.42 Å². The molecule has 0 spiro atoms. The number of pyridine rings is 1. The van der Waals surface area contributed by atoms with Crippen LogP contribution < -0.4 is 4.72 Å². The Balaban J connectivity index is 2.27. The lowest BCUT2D eigenvalue weighted by Gasteiger charge is -2.10. The molecule has 0 bridgehead atoms. The van der Waals surface area contributed by atoms with Crippen LogP contribution in [-0.4, -0.2) is 29.2 Å². The van der Waals surface area contributed by atoms with Crippen molar-refractivity contribution in [2.75, 3.05) is 0 Å². The fraction of sp³-hybridized carbons (Fsp3) is 0.333. The molecule has 2 aromatic rings. The molecule has 2 aromatic heterocycles. The maximum Gasteiger partial charge on any atom is 0.243 e. The maximum absolute atomic E-state index is 12.1. The van der Waals surface area contributed by atoms with E-state index < -0.39 is 10.0 Å². The predicted octanol–water partition coefficient (Wildman–Crippen LogP) is 1.34. The van der Waals surface area contributed by atoms with Gasteiger partial charge in [-0.2, -0.15) is 5.10 Å². The van der Waals surface area contributed by atoms with Crippen molar-refractivity contribution in [2.24, 2.45) is 0 Å². The third-order valence-electron chi connectivity index (χ3n) is 2.72. The van der Waals surface area contributed by atoms with Crippen LogP contribution in [-0.2, 0) is 10.0 Å². The van der Waals surface area contributed by atoms with Crippen LogP contribution >= 0.6 is 0 Å². The molecule has 2 rings (SSSR count). The number of nitrogens with one attached hydrogen (secondary N) is 1. The van der Waals surface area contributed by atoms with Gasteiger partial charge in [0, 0.05) is 12.2 Å². The second-order valence-corrected chi connectivity index (χ2v) is 5.95. The topological polar surface area (TPSA) is 76.9 Å². The second kappa shape index (κ2) is 5.50. The van der Waals surface area contributed by atoms with Gasteiger partial charge in [-0.3, -0.25) is 0 Å². The highest BCUT2D eigenvalue weighted by molar-refractivity contribution is 7.89. The van der Waals surface area contributed by atoms with E-state index in [9.17, 15) is 8.42 Å². The summed E-state index contributed by atoms with van der Waals surface area (Å²) in [5.41, 5.74) is 0. The van der Waals surface area contributed by atoms with Crippen molar-refractivity contribution in [2.45, 2.75) is 31.2 Å². The van der Waals surface area contributed by atoms with Crippen molar-refractivity contribution in [3.8, 4) is 5.82 Å². The molecule has 102 valence electrons. The highest BCUT2D eigenvalue weighted by Gasteiger charge is 2.18. The summed E-state index contributed by atoms with van der Waals surface area (Å²) in [6.45, 7) is 3.74. The number of sulfonamides is 1. The minimum Gasteiger partial charge on any atom is -0.237 e. The van der Waals surface area contributed by atoms with E-state index in [4.69, 9.17) is 0 Å². The molecule has 0 aromatic carbocycles. The van der Waals surface area contributed by atoms with Crippen LogP contribution in [0.3, 0.4) is 0 Å². The fourth-order valence-corrected chi connectivity index (χ4v) is 2.73. The lowest BCUT2D eigenvalue weighted by atomic mass is 10.3. The first-order valence-corrected chi connectivity index (χ1v) is 7.49. The summed E-state index contributed by atoms with van der Waals surface area (Å²) in [4.78, 5) is 4.24. The molecule has 19 heavy (non-hydrogen) atoms. The fourth-order valence-electron chi connectivity index (χ4n) is 1.48. The van der Waals surface area contributed by atoms with Crippen LogP contribution in [0.2, 0.25) is 0 Å². The molecular weight excluding hydrogens is 264 g/mol. The van der Waals surface area contributed by atoms with Crippen molar-refractivity contribution in [1.29, 1.82) is 0 Å². The van der Waals surface area contributed by atoms with Crippen LogP contribution in [0, 0.1) is 0 Å². The third-order valence-corrected chi connectivity index (χ3v) is 4.27. The lowest BCUT2D eigenvalue weighted by Crippen LogP contribution is -2.31. The summed E-state index contributed by atoms with van der Waals surface area (Å²) in [6.07, 6.45) is 5.13. The summed E-state index contributed by atoms with van der Waals surface area (Å²) >= 11 is 0. The van der Waals surface area contributed by atoms with Gasteiger partial charge >= 0.3 is 0 Å². The molecule has 1 atom stereocenters. The van der Waals surface area contributed by atoms with Crippen molar-refractivity contribution in [3.05, 3.63) is 36.8 Å². The van der Waals surface area contributed by atoms with Gasteiger partial charge < -0.3 is 0 Å². The van der Waals surface area contributed by atoms with Gasteiger partial charge in [0.2, 0.25) is 10.0 Å². The van der Waals surface area contributed by atoms with E-state index in [0.29, 0.717) is 5.82 Å². The normalized spacial score (nSPS) is 13.4. The van der Waals surface area contributed by atoms with Gasteiger partial charge in [-0.05, 0) is 25.5 Å². The Hall–Kier alpha value is -1.73. The second-order valence-electron chi connectivity index (χ2n) is 4.24. The van der Waals surface area contributed by atoms with Crippen LogP contribution in [0.25, 0.3) is 5.82 Å². The number of nitrogens with zero attached hydrogens (tertiary/aromatic N) is 3. The summed E-state index contributed by atoms with van der Waals surface area (Å²) in [5, 5.41) is 4.02. The molecule has 0 aliphatic heterocycles. The minimum atomic E-state index is -3.52. The first kappa shape index (κ1) is 13.7. The molecule has 0 saturated heterocycles. The van der Waals surface area contributed by atoms with E-state index in [0.717, 1.165) is 6.42 Å². The van der Waals surface area contributed by atoms with Gasteiger partial charge in [0.25, 0.3) is 0 Å². The summed E-state index contributed by atoms with van der Waals surface area (Å²) in [6, 6.07) is 5.25. The Kier molecular flexibility index (Phi) is 3.96. The molecule has 0 aliphatic rings. The van der Waals surface area contributed by atoms with E-state index in [1.165, 1.54) is 17.1 Å². The first-order chi connectivity index (χ1) is 9.03. The Morgan fingerprint density at radius 2 is 2.21 bits per heavy atom. The number of hydrogen-bond donors (Lipinski definition) is 1. The SMILES string of the molecule is CC[C@H](C)NS(=O)(=O)c1cnn(-c2ccccn2)c1. The number of hydrogen-bond acceptors (Lipinski definition) is 4. The molecule has 2 heterocycles. The largest absolute Gasteiger partial charge is 0.243 e. The summed E-state index contributed by atoms with van der Waals surface area (Å²) < 4.78 is 28.1. The zero-order chi connectivity index (χ0) is 13.9. The monoisotopic (exact) mass is 280 g/mol. The van der Waals surface area contributed by atoms with Crippen LogP contribution in [0.15, 0.2) is 41.7 Å². The first-order valence-electron chi connectivity index (χ1n) is 6.01. The Bertz CT molecular complexity index is 637. The molecule has 1 N–H and O–H groups in total. The quantitative estimate of drug-likeness (QED) is 0.896. The van der Waals surface area contributed by atoms with Gasteiger partial charge in [-0.25, -0.2) is 22.8 Å². The molecule has 0 fully saturated rings. The number of rotatable bonds is 5. The van der Waals surface area contributed by atoms with Crippen molar-refractivity contribution >= 4 is 10.0 Å². The van der Waals surface area contributed by atoms with Gasteiger partial charge in [0.05, 0.1) is 12.4 Å². The van der Waals surface area contributed by atoms with Crippen LogP contribution in [0.4, 0.5) is 0 Å². The highest BCUT2D eigenvalue weighted by atomic mass is 32.2. The summed E-state index contributed by atoms with van der Waals surface area (Å²) in [5.74, 6) is 0.576. The number of aromatic nitrogens is 3. The van der Waals surface area contributed by atoms with E-state index in [2.05, 4.69) is 14.8 Å². The molecular formula is C12H16N4O2S. The van der Waals surface area contributed by atoms with E-state index in [1.807, 2.05) is 19.9 Å². The Morgan fingerprint density at radius 1 is 1.42 bits per heavy atom.